The molecule has 1 rings (SSSR count). The van der Waals surface area contributed by atoms with Crippen LogP contribution in [0.5, 0.6) is 0 Å². The second kappa shape index (κ2) is 5.80. The molecule has 0 atom stereocenters. The van der Waals surface area contributed by atoms with Crippen LogP contribution in [0.1, 0.15) is 29.3 Å². The van der Waals surface area contributed by atoms with E-state index in [4.69, 9.17) is 9.47 Å². The lowest BCUT2D eigenvalue weighted by atomic mass is 10.0. The lowest BCUT2D eigenvalue weighted by Gasteiger charge is -2.30. The first-order valence-corrected chi connectivity index (χ1v) is 5.42. The van der Waals surface area contributed by atoms with E-state index in [1.165, 1.54) is 7.11 Å². The van der Waals surface area contributed by atoms with Gasteiger partial charge >= 0.3 is 5.97 Å². The Kier molecular flexibility index (Phi) is 4.66. The third-order valence-electron chi connectivity index (χ3n) is 2.85. The van der Waals surface area contributed by atoms with Gasteiger partial charge in [-0.15, -0.1) is 0 Å². The van der Waals surface area contributed by atoms with Crippen LogP contribution in [-0.2, 0) is 20.0 Å². The quantitative estimate of drug-likeness (QED) is 0.583. The fourth-order valence-corrected chi connectivity index (χ4v) is 1.81. The van der Waals surface area contributed by atoms with Crippen molar-refractivity contribution in [3.8, 4) is 0 Å². The van der Waals surface area contributed by atoms with Crippen molar-refractivity contribution >= 4 is 5.97 Å². The van der Waals surface area contributed by atoms with Crippen molar-refractivity contribution in [2.24, 2.45) is 0 Å². The highest BCUT2D eigenvalue weighted by Crippen LogP contribution is 2.30. The third kappa shape index (κ3) is 2.65. The van der Waals surface area contributed by atoms with Crippen LogP contribution in [0.3, 0.4) is 0 Å². The van der Waals surface area contributed by atoms with Gasteiger partial charge in [-0.25, -0.2) is 4.79 Å². The minimum absolute atomic E-state index is 0.371. The van der Waals surface area contributed by atoms with Crippen molar-refractivity contribution < 1.29 is 19.0 Å². The van der Waals surface area contributed by atoms with Crippen LogP contribution in [0.25, 0.3) is 0 Å². The number of ether oxygens (including phenoxy) is 3. The van der Waals surface area contributed by atoms with Gasteiger partial charge in [0, 0.05) is 26.2 Å². The van der Waals surface area contributed by atoms with Crippen LogP contribution < -0.4 is 0 Å². The molecular formula is C13H18O4. The maximum Gasteiger partial charge on any atom is 0.337 e. The SMILES string of the molecule is CCC(OC)(OC)c1cccc(C(=O)OC)c1. The highest BCUT2D eigenvalue weighted by molar-refractivity contribution is 5.89. The van der Waals surface area contributed by atoms with E-state index in [-0.39, 0.29) is 5.97 Å². The monoisotopic (exact) mass is 238 g/mol. The topological polar surface area (TPSA) is 44.8 Å². The molecule has 0 bridgehead atoms. The van der Waals surface area contributed by atoms with Crippen LogP contribution in [0.2, 0.25) is 0 Å². The predicted octanol–water partition coefficient (Wildman–Crippen LogP) is 2.33. The molecule has 17 heavy (non-hydrogen) atoms. The van der Waals surface area contributed by atoms with Crippen molar-refractivity contribution in [3.63, 3.8) is 0 Å². The molecular weight excluding hydrogens is 220 g/mol. The molecule has 0 fully saturated rings. The van der Waals surface area contributed by atoms with E-state index in [2.05, 4.69) is 4.74 Å². The van der Waals surface area contributed by atoms with Gasteiger partial charge in [-0.05, 0) is 12.1 Å². The molecule has 0 aliphatic heterocycles. The van der Waals surface area contributed by atoms with Crippen LogP contribution in [0.4, 0.5) is 0 Å². The van der Waals surface area contributed by atoms with E-state index in [1.54, 1.807) is 32.4 Å². The average Bonchev–Trinajstić information content (AvgIpc) is 2.41. The number of hydrogen-bond donors (Lipinski definition) is 0. The number of methoxy groups -OCH3 is 3. The van der Waals surface area contributed by atoms with Gasteiger partial charge in [0.2, 0.25) is 0 Å². The van der Waals surface area contributed by atoms with Crippen LogP contribution in [0, 0.1) is 0 Å². The maximum atomic E-state index is 11.5. The van der Waals surface area contributed by atoms with Gasteiger partial charge in [0.25, 0.3) is 0 Å². The summed E-state index contributed by atoms with van der Waals surface area (Å²) in [6, 6.07) is 7.07. The summed E-state index contributed by atoms with van der Waals surface area (Å²) < 4.78 is 15.5. The number of hydrogen-bond acceptors (Lipinski definition) is 4. The summed E-state index contributed by atoms with van der Waals surface area (Å²) >= 11 is 0. The molecule has 0 saturated heterocycles. The largest absolute Gasteiger partial charge is 0.465 e. The lowest BCUT2D eigenvalue weighted by molar-refractivity contribution is -0.217. The van der Waals surface area contributed by atoms with Crippen molar-refractivity contribution in [2.45, 2.75) is 19.1 Å². The summed E-state index contributed by atoms with van der Waals surface area (Å²) in [7, 11) is 4.52. The van der Waals surface area contributed by atoms with Crippen LogP contribution in [-0.4, -0.2) is 27.3 Å². The average molecular weight is 238 g/mol. The molecule has 0 unspecified atom stereocenters. The number of carbonyl (C=O) groups is 1. The summed E-state index contributed by atoms with van der Waals surface area (Å²) in [5.74, 6) is -1.19. The van der Waals surface area contributed by atoms with E-state index in [1.807, 2.05) is 13.0 Å². The van der Waals surface area contributed by atoms with Crippen molar-refractivity contribution in [3.05, 3.63) is 35.4 Å². The predicted molar refractivity (Wildman–Crippen MR) is 63.8 cm³/mol. The normalized spacial score (nSPS) is 11.3. The summed E-state index contributed by atoms with van der Waals surface area (Å²) in [6.45, 7) is 1.96. The minimum atomic E-state index is -0.815. The van der Waals surface area contributed by atoms with Crippen molar-refractivity contribution in [2.75, 3.05) is 21.3 Å². The molecule has 0 heterocycles. The lowest BCUT2D eigenvalue weighted by Crippen LogP contribution is -2.30. The van der Waals surface area contributed by atoms with E-state index < -0.39 is 5.79 Å². The zero-order valence-corrected chi connectivity index (χ0v) is 10.6. The Morgan fingerprint density at radius 1 is 1.24 bits per heavy atom. The first-order chi connectivity index (χ1) is 8.13. The highest BCUT2D eigenvalue weighted by atomic mass is 16.7. The van der Waals surface area contributed by atoms with Crippen molar-refractivity contribution in [1.29, 1.82) is 0 Å². The van der Waals surface area contributed by atoms with E-state index in [9.17, 15) is 4.79 Å². The molecule has 0 spiro atoms. The first-order valence-electron chi connectivity index (χ1n) is 5.42. The molecule has 4 nitrogen and oxygen atoms in total. The third-order valence-corrected chi connectivity index (χ3v) is 2.85. The number of benzene rings is 1. The van der Waals surface area contributed by atoms with E-state index >= 15 is 0 Å². The Bertz CT molecular complexity index is 374. The summed E-state index contributed by atoms with van der Waals surface area (Å²) in [5.41, 5.74) is 1.28. The molecule has 0 amide bonds. The summed E-state index contributed by atoms with van der Waals surface area (Å²) in [6.07, 6.45) is 0.643. The van der Waals surface area contributed by atoms with Gasteiger partial charge in [0.05, 0.1) is 12.7 Å². The Balaban J connectivity index is 3.17. The van der Waals surface area contributed by atoms with E-state index in [0.29, 0.717) is 12.0 Å². The molecule has 0 aromatic heterocycles. The molecule has 1 aromatic carbocycles. The van der Waals surface area contributed by atoms with Gasteiger partial charge in [0.15, 0.2) is 5.79 Å². The smallest absolute Gasteiger partial charge is 0.337 e. The van der Waals surface area contributed by atoms with Gasteiger partial charge in [-0.3, -0.25) is 0 Å². The standard InChI is InChI=1S/C13H18O4/c1-5-13(16-3,17-4)11-8-6-7-10(9-11)12(14)15-2/h6-9H,5H2,1-4H3. The Morgan fingerprint density at radius 3 is 2.35 bits per heavy atom. The fraction of sp³-hybridized carbons (Fsp3) is 0.462. The molecule has 0 aliphatic rings. The van der Waals surface area contributed by atoms with Crippen LogP contribution >= 0.6 is 0 Å². The zero-order valence-electron chi connectivity index (χ0n) is 10.6. The summed E-state index contributed by atoms with van der Waals surface area (Å²) in [4.78, 5) is 11.5. The molecule has 0 radical (unpaired) electrons. The maximum absolute atomic E-state index is 11.5. The van der Waals surface area contributed by atoms with Gasteiger partial charge < -0.3 is 14.2 Å². The second-order valence-electron chi connectivity index (χ2n) is 3.59. The summed E-state index contributed by atoms with van der Waals surface area (Å²) in [5, 5.41) is 0. The minimum Gasteiger partial charge on any atom is -0.465 e. The molecule has 1 aromatic rings. The molecule has 94 valence electrons. The van der Waals surface area contributed by atoms with E-state index in [0.717, 1.165) is 5.56 Å². The highest BCUT2D eigenvalue weighted by Gasteiger charge is 2.30. The number of carbonyl (C=O) groups excluding carboxylic acids is 1. The van der Waals surface area contributed by atoms with Gasteiger partial charge in [0.1, 0.15) is 0 Å². The molecule has 0 aliphatic carbocycles. The molecule has 4 heteroatoms. The second-order valence-corrected chi connectivity index (χ2v) is 3.59. The Morgan fingerprint density at radius 2 is 1.88 bits per heavy atom. The van der Waals surface area contributed by atoms with Gasteiger partial charge in [-0.2, -0.15) is 0 Å². The Labute approximate surface area is 101 Å². The first kappa shape index (κ1) is 13.7. The fourth-order valence-electron chi connectivity index (χ4n) is 1.81. The van der Waals surface area contributed by atoms with Gasteiger partial charge in [-0.1, -0.05) is 19.1 Å². The molecule has 0 saturated carbocycles. The number of rotatable bonds is 5. The van der Waals surface area contributed by atoms with Crippen LogP contribution in [0.15, 0.2) is 24.3 Å². The van der Waals surface area contributed by atoms with Crippen molar-refractivity contribution in [1.82, 2.24) is 0 Å². The zero-order chi connectivity index (χ0) is 12.9. The number of esters is 1. The Hall–Kier alpha value is -1.39. The molecule has 0 N–H and O–H groups in total.